The van der Waals surface area contributed by atoms with Crippen LogP contribution >= 0.6 is 0 Å². The topological polar surface area (TPSA) is 72.9 Å². The Morgan fingerprint density at radius 3 is 2.33 bits per heavy atom. The molecule has 0 N–H and O–H groups in total. The lowest BCUT2D eigenvalue weighted by atomic mass is 9.90. The van der Waals surface area contributed by atoms with Gasteiger partial charge in [-0.15, -0.1) is 0 Å². The molecule has 2 heterocycles. The molecule has 6 nitrogen and oxygen atoms in total. The van der Waals surface area contributed by atoms with Crippen LogP contribution in [-0.4, -0.2) is 57.6 Å². The molecule has 6 rings (SSSR count). The lowest BCUT2D eigenvalue weighted by Crippen LogP contribution is -2.56. The molecule has 3 aromatic rings. The fraction of sp³-hybridized carbons (Fsp3) is 0.276. The van der Waals surface area contributed by atoms with Gasteiger partial charge >= 0.3 is 6.09 Å². The summed E-state index contributed by atoms with van der Waals surface area (Å²) in [5, 5.41) is 0. The molecule has 3 aliphatic rings. The van der Waals surface area contributed by atoms with E-state index < -0.39 is 9.84 Å². The maximum atomic E-state index is 13.4. The summed E-state index contributed by atoms with van der Waals surface area (Å²) in [6, 6.07) is 23.1. The minimum atomic E-state index is -3.30. The lowest BCUT2D eigenvalue weighted by Gasteiger charge is -2.44. The Kier molecular flexibility index (Phi) is 5.69. The van der Waals surface area contributed by atoms with Crippen molar-refractivity contribution in [2.24, 2.45) is 0 Å². The summed E-state index contributed by atoms with van der Waals surface area (Å²) < 4.78 is 35.8. The zero-order chi connectivity index (χ0) is 24.9. The van der Waals surface area contributed by atoms with Crippen LogP contribution in [0.25, 0.3) is 16.7 Å². The van der Waals surface area contributed by atoms with Crippen molar-refractivity contribution in [2.45, 2.75) is 29.3 Å². The Balaban J connectivity index is 1.22. The highest BCUT2D eigenvalue weighted by molar-refractivity contribution is 7.90. The molecular weight excluding hydrogens is 474 g/mol. The number of fused-ring (bicyclic) bond motifs is 5. The van der Waals surface area contributed by atoms with E-state index in [9.17, 15) is 13.2 Å². The second-order valence-electron chi connectivity index (χ2n) is 9.67. The lowest BCUT2D eigenvalue weighted by molar-refractivity contribution is -0.0331. The van der Waals surface area contributed by atoms with Gasteiger partial charge in [-0.3, -0.25) is 4.90 Å². The maximum Gasteiger partial charge on any atom is 0.410 e. The molecule has 7 heteroatoms. The van der Waals surface area contributed by atoms with Crippen LogP contribution in [-0.2, 0) is 19.3 Å². The molecule has 0 spiro atoms. The molecule has 36 heavy (non-hydrogen) atoms. The number of rotatable bonds is 4. The molecule has 3 aromatic carbocycles. The second-order valence-corrected chi connectivity index (χ2v) is 11.7. The second kappa shape index (κ2) is 8.91. The summed E-state index contributed by atoms with van der Waals surface area (Å²) >= 11 is 0. The minimum absolute atomic E-state index is 0.00654. The van der Waals surface area contributed by atoms with Gasteiger partial charge < -0.3 is 9.47 Å². The van der Waals surface area contributed by atoms with Crippen molar-refractivity contribution in [1.29, 1.82) is 0 Å². The number of ether oxygens (including phenoxy) is 2. The van der Waals surface area contributed by atoms with Crippen LogP contribution in [0.4, 0.5) is 4.79 Å². The molecule has 1 saturated heterocycles. The Labute approximate surface area is 211 Å². The van der Waals surface area contributed by atoms with Crippen molar-refractivity contribution in [3.63, 3.8) is 0 Å². The summed E-state index contributed by atoms with van der Waals surface area (Å²) in [5.74, 6) is 0.00654. The fourth-order valence-corrected chi connectivity index (χ4v) is 6.36. The first kappa shape index (κ1) is 23.0. The van der Waals surface area contributed by atoms with Gasteiger partial charge in [0.05, 0.1) is 30.2 Å². The van der Waals surface area contributed by atoms with Crippen LogP contribution in [0.1, 0.15) is 29.0 Å². The predicted octanol–water partition coefficient (Wildman–Crippen LogP) is 4.90. The van der Waals surface area contributed by atoms with Gasteiger partial charge in [-0.1, -0.05) is 66.7 Å². The van der Waals surface area contributed by atoms with E-state index in [0.29, 0.717) is 24.5 Å². The number of carbonyl (C=O) groups excluding carboxylic acids is 1. The summed E-state index contributed by atoms with van der Waals surface area (Å²) in [4.78, 5) is 15.4. The summed E-state index contributed by atoms with van der Waals surface area (Å²) in [7, 11) is -3.30. The molecule has 1 fully saturated rings. The number of hydrogen-bond acceptors (Lipinski definition) is 5. The monoisotopic (exact) mass is 501 g/mol. The number of benzene rings is 3. The van der Waals surface area contributed by atoms with E-state index in [4.69, 9.17) is 9.47 Å². The van der Waals surface area contributed by atoms with E-state index >= 15 is 0 Å². The Morgan fingerprint density at radius 2 is 1.67 bits per heavy atom. The van der Waals surface area contributed by atoms with Gasteiger partial charge in [0.25, 0.3) is 0 Å². The van der Waals surface area contributed by atoms with E-state index in [0.717, 1.165) is 11.1 Å². The zero-order valence-corrected chi connectivity index (χ0v) is 20.8. The molecule has 2 bridgehead atoms. The van der Waals surface area contributed by atoms with E-state index in [1.807, 2.05) is 36.4 Å². The first-order valence-electron chi connectivity index (χ1n) is 12.1. The van der Waals surface area contributed by atoms with E-state index in [1.54, 1.807) is 23.1 Å². The average Bonchev–Trinajstić information content (AvgIpc) is 3.20. The Hall–Kier alpha value is -3.42. The fourth-order valence-electron chi connectivity index (χ4n) is 5.69. The highest BCUT2D eigenvalue weighted by Crippen LogP contribution is 2.44. The van der Waals surface area contributed by atoms with Crippen LogP contribution in [0.2, 0.25) is 0 Å². The van der Waals surface area contributed by atoms with Crippen molar-refractivity contribution in [3.05, 3.63) is 95.6 Å². The molecule has 0 saturated carbocycles. The highest BCUT2D eigenvalue weighted by Gasteiger charge is 2.40. The normalized spacial score (nSPS) is 20.9. The molecule has 1 amide bonds. The molecular formula is C29H27NO5S. The van der Waals surface area contributed by atoms with Gasteiger partial charge in [-0.2, -0.15) is 0 Å². The molecule has 2 aliphatic heterocycles. The van der Waals surface area contributed by atoms with Crippen LogP contribution in [0.15, 0.2) is 83.8 Å². The van der Waals surface area contributed by atoms with Gasteiger partial charge in [0.2, 0.25) is 0 Å². The standard InChI is InChI=1S/C29H27NO5S/c1-36(32,33)23-8-6-7-19(15-23)20-13-21-16-34-17-22(14-20)30(21)29(31)35-18-28-26-11-4-2-9-24(26)25-10-3-5-12-27(25)28/h2-13,15,21-22,28H,14,16-18H2,1H3. The average molecular weight is 502 g/mol. The minimum Gasteiger partial charge on any atom is -0.448 e. The largest absolute Gasteiger partial charge is 0.448 e. The molecule has 2 unspecified atom stereocenters. The third-order valence-corrected chi connectivity index (χ3v) is 8.49. The molecule has 1 aliphatic carbocycles. The van der Waals surface area contributed by atoms with Crippen LogP contribution in [0.3, 0.4) is 0 Å². The first-order chi connectivity index (χ1) is 17.4. The van der Waals surface area contributed by atoms with Crippen molar-refractivity contribution < 1.29 is 22.7 Å². The molecule has 184 valence electrons. The zero-order valence-electron chi connectivity index (χ0n) is 20.0. The number of hydrogen-bond donors (Lipinski definition) is 0. The summed E-state index contributed by atoms with van der Waals surface area (Å²) in [5.41, 5.74) is 6.65. The van der Waals surface area contributed by atoms with Crippen LogP contribution in [0.5, 0.6) is 0 Å². The number of sulfone groups is 1. The van der Waals surface area contributed by atoms with E-state index in [2.05, 4.69) is 24.3 Å². The Morgan fingerprint density at radius 1 is 0.972 bits per heavy atom. The molecule has 0 aromatic heterocycles. The van der Waals surface area contributed by atoms with Crippen molar-refractivity contribution in [3.8, 4) is 11.1 Å². The maximum absolute atomic E-state index is 13.4. The third kappa shape index (κ3) is 4.02. The SMILES string of the molecule is CS(=O)(=O)c1cccc(C2=CC3COCC(C2)N3C(=O)OCC2c3ccccc3-c3ccccc32)c1. The van der Waals surface area contributed by atoms with Crippen molar-refractivity contribution >= 4 is 21.5 Å². The van der Waals surface area contributed by atoms with Crippen molar-refractivity contribution in [1.82, 2.24) is 4.90 Å². The third-order valence-electron chi connectivity index (χ3n) is 7.38. The quantitative estimate of drug-likeness (QED) is 0.509. The number of carbonyl (C=O) groups is 1. The van der Waals surface area contributed by atoms with Gasteiger partial charge in [0, 0.05) is 12.2 Å². The van der Waals surface area contributed by atoms with Gasteiger partial charge in [-0.05, 0) is 51.9 Å². The highest BCUT2D eigenvalue weighted by atomic mass is 32.2. The smallest absolute Gasteiger partial charge is 0.410 e. The number of nitrogens with zero attached hydrogens (tertiary/aromatic N) is 1. The molecule has 2 atom stereocenters. The van der Waals surface area contributed by atoms with E-state index in [1.165, 1.54) is 28.5 Å². The van der Waals surface area contributed by atoms with Crippen LogP contribution in [0, 0.1) is 0 Å². The van der Waals surface area contributed by atoms with Gasteiger partial charge in [0.1, 0.15) is 6.61 Å². The number of amides is 1. The summed E-state index contributed by atoms with van der Waals surface area (Å²) in [6.07, 6.45) is 3.46. The predicted molar refractivity (Wildman–Crippen MR) is 137 cm³/mol. The van der Waals surface area contributed by atoms with Gasteiger partial charge in [0.15, 0.2) is 9.84 Å². The summed E-state index contributed by atoms with van der Waals surface area (Å²) in [6.45, 7) is 1.08. The van der Waals surface area contributed by atoms with E-state index in [-0.39, 0.29) is 30.7 Å². The van der Waals surface area contributed by atoms with Crippen molar-refractivity contribution in [2.75, 3.05) is 26.1 Å². The number of morpholine rings is 1. The van der Waals surface area contributed by atoms with Crippen LogP contribution < -0.4 is 0 Å². The molecule has 0 radical (unpaired) electrons. The van der Waals surface area contributed by atoms with Gasteiger partial charge in [-0.25, -0.2) is 13.2 Å². The Bertz CT molecular complexity index is 1430. The first-order valence-corrected chi connectivity index (χ1v) is 14.0.